The van der Waals surface area contributed by atoms with Crippen LogP contribution in [-0.4, -0.2) is 10.1 Å². The van der Waals surface area contributed by atoms with E-state index in [4.69, 9.17) is 22.4 Å². The van der Waals surface area contributed by atoms with Gasteiger partial charge in [0.25, 0.3) is 6.43 Å². The second kappa shape index (κ2) is 4.63. The molecule has 78 valence electrons. The first-order valence-electron chi connectivity index (χ1n) is 3.87. The highest BCUT2D eigenvalue weighted by atomic mass is 35.5. The molecule has 0 saturated heterocycles. The molecule has 1 aromatic heterocycles. The van der Waals surface area contributed by atoms with Crippen LogP contribution < -0.4 is 5.73 Å². The van der Waals surface area contributed by atoms with E-state index in [0.29, 0.717) is 0 Å². The molecule has 1 aromatic rings. The third kappa shape index (κ3) is 2.17. The molecule has 0 aliphatic rings. The van der Waals surface area contributed by atoms with Crippen LogP contribution in [-0.2, 0) is 13.2 Å². The SMILES string of the molecule is NCc1nc(Cl)c(CO)cc1C(F)F. The normalized spacial score (nSPS) is 11.0. The van der Waals surface area contributed by atoms with E-state index in [2.05, 4.69) is 4.98 Å². The van der Waals surface area contributed by atoms with Gasteiger partial charge in [0.15, 0.2) is 0 Å². The number of nitrogens with two attached hydrogens (primary N) is 1. The van der Waals surface area contributed by atoms with Gasteiger partial charge in [0, 0.05) is 17.7 Å². The molecule has 0 aliphatic carbocycles. The van der Waals surface area contributed by atoms with Gasteiger partial charge in [-0.05, 0) is 6.07 Å². The number of aromatic nitrogens is 1. The molecule has 1 heterocycles. The summed E-state index contributed by atoms with van der Waals surface area (Å²) < 4.78 is 24.9. The van der Waals surface area contributed by atoms with Gasteiger partial charge in [0.2, 0.25) is 0 Å². The molecule has 0 bridgehead atoms. The fraction of sp³-hybridized carbons (Fsp3) is 0.375. The third-order valence-electron chi connectivity index (χ3n) is 1.76. The van der Waals surface area contributed by atoms with Crippen molar-refractivity contribution < 1.29 is 13.9 Å². The average molecular weight is 223 g/mol. The monoisotopic (exact) mass is 222 g/mol. The molecule has 0 aliphatic heterocycles. The Morgan fingerprint density at radius 2 is 2.21 bits per heavy atom. The van der Waals surface area contributed by atoms with Crippen LogP contribution in [0.15, 0.2) is 6.07 Å². The Hall–Kier alpha value is -0.780. The van der Waals surface area contributed by atoms with Crippen LogP contribution >= 0.6 is 11.6 Å². The first-order chi connectivity index (χ1) is 6.60. The van der Waals surface area contributed by atoms with Crippen molar-refractivity contribution in [2.24, 2.45) is 5.73 Å². The van der Waals surface area contributed by atoms with E-state index in [1.54, 1.807) is 0 Å². The van der Waals surface area contributed by atoms with Gasteiger partial charge in [-0.3, -0.25) is 0 Å². The number of aliphatic hydroxyl groups is 1. The highest BCUT2D eigenvalue weighted by Gasteiger charge is 2.16. The molecule has 0 spiro atoms. The van der Waals surface area contributed by atoms with Crippen LogP contribution in [0.1, 0.15) is 23.2 Å². The Bertz CT molecular complexity index is 333. The van der Waals surface area contributed by atoms with Crippen LogP contribution in [0.25, 0.3) is 0 Å². The lowest BCUT2D eigenvalue weighted by atomic mass is 10.1. The number of aliphatic hydroxyl groups excluding tert-OH is 1. The zero-order valence-electron chi connectivity index (χ0n) is 7.17. The van der Waals surface area contributed by atoms with Crippen molar-refractivity contribution in [3.63, 3.8) is 0 Å². The smallest absolute Gasteiger partial charge is 0.265 e. The van der Waals surface area contributed by atoms with E-state index in [-0.39, 0.29) is 28.5 Å². The van der Waals surface area contributed by atoms with Crippen molar-refractivity contribution in [2.45, 2.75) is 19.6 Å². The van der Waals surface area contributed by atoms with Crippen LogP contribution in [0.5, 0.6) is 0 Å². The molecule has 0 aromatic carbocycles. The summed E-state index contributed by atoms with van der Waals surface area (Å²) in [6, 6.07) is 1.13. The van der Waals surface area contributed by atoms with Crippen molar-refractivity contribution in [1.82, 2.24) is 4.98 Å². The summed E-state index contributed by atoms with van der Waals surface area (Å²) in [5.41, 5.74) is 5.19. The van der Waals surface area contributed by atoms with E-state index in [9.17, 15) is 8.78 Å². The quantitative estimate of drug-likeness (QED) is 0.765. The first kappa shape index (κ1) is 11.3. The van der Waals surface area contributed by atoms with Crippen LogP contribution in [0, 0.1) is 0 Å². The topological polar surface area (TPSA) is 59.1 Å². The van der Waals surface area contributed by atoms with E-state index in [1.165, 1.54) is 0 Å². The molecule has 14 heavy (non-hydrogen) atoms. The zero-order chi connectivity index (χ0) is 10.7. The lowest BCUT2D eigenvalue weighted by Gasteiger charge is -2.09. The summed E-state index contributed by atoms with van der Waals surface area (Å²) >= 11 is 5.61. The summed E-state index contributed by atoms with van der Waals surface area (Å²) in [4.78, 5) is 3.68. The summed E-state index contributed by atoms with van der Waals surface area (Å²) in [5, 5.41) is 8.80. The number of halogens is 3. The summed E-state index contributed by atoms with van der Waals surface area (Å²) in [7, 11) is 0. The summed E-state index contributed by atoms with van der Waals surface area (Å²) in [6.07, 6.45) is -2.66. The van der Waals surface area contributed by atoms with Gasteiger partial charge in [0.05, 0.1) is 12.3 Å². The lowest BCUT2D eigenvalue weighted by Crippen LogP contribution is -2.07. The van der Waals surface area contributed by atoms with Crippen LogP contribution in [0.2, 0.25) is 5.15 Å². The largest absolute Gasteiger partial charge is 0.392 e. The fourth-order valence-corrected chi connectivity index (χ4v) is 1.27. The van der Waals surface area contributed by atoms with E-state index >= 15 is 0 Å². The van der Waals surface area contributed by atoms with Gasteiger partial charge in [0.1, 0.15) is 5.15 Å². The molecule has 0 radical (unpaired) electrons. The van der Waals surface area contributed by atoms with E-state index < -0.39 is 13.0 Å². The molecule has 3 nitrogen and oxygen atoms in total. The fourth-order valence-electron chi connectivity index (χ4n) is 1.05. The predicted molar refractivity (Wildman–Crippen MR) is 48.0 cm³/mol. The van der Waals surface area contributed by atoms with E-state index in [1.807, 2.05) is 0 Å². The maximum Gasteiger partial charge on any atom is 0.265 e. The molecule has 6 heteroatoms. The highest BCUT2D eigenvalue weighted by Crippen LogP contribution is 2.26. The minimum absolute atomic E-state index is 0.0114. The number of rotatable bonds is 3. The van der Waals surface area contributed by atoms with Gasteiger partial charge < -0.3 is 10.8 Å². The maximum absolute atomic E-state index is 12.4. The Morgan fingerprint density at radius 1 is 1.57 bits per heavy atom. The Labute approximate surface area is 84.5 Å². The molecule has 3 N–H and O–H groups in total. The first-order valence-corrected chi connectivity index (χ1v) is 4.25. The molecular weight excluding hydrogens is 214 g/mol. The lowest BCUT2D eigenvalue weighted by molar-refractivity contribution is 0.149. The second-order valence-corrected chi connectivity index (χ2v) is 3.00. The Kier molecular flexibility index (Phi) is 3.74. The Morgan fingerprint density at radius 3 is 2.64 bits per heavy atom. The number of pyridine rings is 1. The van der Waals surface area contributed by atoms with Crippen molar-refractivity contribution in [3.8, 4) is 0 Å². The van der Waals surface area contributed by atoms with Gasteiger partial charge in [-0.1, -0.05) is 11.6 Å². The van der Waals surface area contributed by atoms with Crippen molar-refractivity contribution in [2.75, 3.05) is 0 Å². The van der Waals surface area contributed by atoms with Crippen LogP contribution in [0.4, 0.5) is 8.78 Å². The predicted octanol–water partition coefficient (Wildman–Crippen LogP) is 1.62. The standard InChI is InChI=1S/C8H9ClF2N2O/c9-7-4(3-14)1-5(8(10)11)6(2-12)13-7/h1,8,14H,2-3,12H2. The van der Waals surface area contributed by atoms with Gasteiger partial charge >= 0.3 is 0 Å². The number of hydrogen-bond acceptors (Lipinski definition) is 3. The summed E-state index contributed by atoms with van der Waals surface area (Å²) in [6.45, 7) is -0.526. The van der Waals surface area contributed by atoms with Crippen LogP contribution in [0.3, 0.4) is 0 Å². The zero-order valence-corrected chi connectivity index (χ0v) is 7.93. The number of alkyl halides is 2. The number of hydrogen-bond donors (Lipinski definition) is 2. The third-order valence-corrected chi connectivity index (χ3v) is 2.09. The molecule has 0 amide bonds. The second-order valence-electron chi connectivity index (χ2n) is 2.64. The average Bonchev–Trinajstić information content (AvgIpc) is 2.16. The minimum Gasteiger partial charge on any atom is -0.392 e. The van der Waals surface area contributed by atoms with Gasteiger partial charge in [-0.25, -0.2) is 13.8 Å². The Balaban J connectivity index is 3.25. The molecule has 0 fully saturated rings. The molecular formula is C8H9ClF2N2O. The number of nitrogens with zero attached hydrogens (tertiary/aromatic N) is 1. The molecule has 0 unspecified atom stereocenters. The summed E-state index contributed by atoms with van der Waals surface area (Å²) in [5.74, 6) is 0. The van der Waals surface area contributed by atoms with Gasteiger partial charge in [-0.2, -0.15) is 0 Å². The van der Waals surface area contributed by atoms with Crippen molar-refractivity contribution in [1.29, 1.82) is 0 Å². The van der Waals surface area contributed by atoms with Gasteiger partial charge in [-0.15, -0.1) is 0 Å². The molecule has 1 rings (SSSR count). The van der Waals surface area contributed by atoms with Crippen molar-refractivity contribution in [3.05, 3.63) is 28.0 Å². The molecule has 0 atom stereocenters. The van der Waals surface area contributed by atoms with Crippen molar-refractivity contribution >= 4 is 11.6 Å². The molecule has 0 saturated carbocycles. The minimum atomic E-state index is -2.66. The highest BCUT2D eigenvalue weighted by molar-refractivity contribution is 6.30. The maximum atomic E-state index is 12.4. The van der Waals surface area contributed by atoms with E-state index in [0.717, 1.165) is 6.07 Å².